The fraction of sp³-hybridized carbons (Fsp3) is 0.471. The summed E-state index contributed by atoms with van der Waals surface area (Å²) in [5, 5.41) is 0. The summed E-state index contributed by atoms with van der Waals surface area (Å²) >= 11 is 0. The van der Waals surface area contributed by atoms with Crippen LogP contribution in [-0.2, 0) is 9.59 Å². The summed E-state index contributed by atoms with van der Waals surface area (Å²) in [4.78, 5) is 37.0. The molecule has 2 saturated carbocycles. The van der Waals surface area contributed by atoms with E-state index in [1.165, 1.54) is 24.3 Å². The van der Waals surface area contributed by atoms with Crippen molar-refractivity contribution in [1.82, 2.24) is 10.9 Å². The summed E-state index contributed by atoms with van der Waals surface area (Å²) < 4.78 is 13.6. The molecule has 0 saturated heterocycles. The zero-order valence-corrected chi connectivity index (χ0v) is 13.1. The van der Waals surface area contributed by atoms with Crippen LogP contribution in [0.5, 0.6) is 0 Å². The van der Waals surface area contributed by atoms with Gasteiger partial charge in [0.1, 0.15) is 17.0 Å². The van der Waals surface area contributed by atoms with Crippen molar-refractivity contribution in [2.24, 2.45) is 16.7 Å². The van der Waals surface area contributed by atoms with E-state index in [0.717, 1.165) is 6.42 Å². The molecule has 1 aromatic rings. The van der Waals surface area contributed by atoms with Crippen molar-refractivity contribution in [3.8, 4) is 0 Å². The lowest BCUT2D eigenvalue weighted by Crippen LogP contribution is -2.54. The Labute approximate surface area is 133 Å². The number of fused-ring (bicyclic) bond motifs is 2. The number of benzene rings is 1. The Morgan fingerprint density at radius 2 is 1.91 bits per heavy atom. The number of hydrazine groups is 1. The fourth-order valence-corrected chi connectivity index (χ4v) is 4.14. The highest BCUT2D eigenvalue weighted by Gasteiger charge is 2.68. The lowest BCUT2D eigenvalue weighted by atomic mass is 9.68. The van der Waals surface area contributed by atoms with Crippen molar-refractivity contribution < 1.29 is 18.8 Å². The molecule has 5 nitrogen and oxygen atoms in total. The second-order valence-electron chi connectivity index (χ2n) is 6.88. The fourth-order valence-electron chi connectivity index (χ4n) is 4.14. The first kappa shape index (κ1) is 15.6. The molecular weight excluding hydrogens is 299 g/mol. The van der Waals surface area contributed by atoms with Crippen molar-refractivity contribution >= 4 is 17.6 Å². The van der Waals surface area contributed by atoms with Gasteiger partial charge in [0.15, 0.2) is 0 Å². The predicted octanol–water partition coefficient (Wildman–Crippen LogP) is 1.98. The zero-order chi connectivity index (χ0) is 16.8. The van der Waals surface area contributed by atoms with Crippen LogP contribution in [0, 0.1) is 22.6 Å². The number of carbonyl (C=O) groups excluding carboxylic acids is 3. The van der Waals surface area contributed by atoms with E-state index in [1.807, 2.05) is 13.8 Å². The Bertz CT molecular complexity index is 701. The SMILES string of the molecule is CC1(C)C2CCC1(C(=O)NNC(=O)c1ccccc1F)C(=O)C2. The highest BCUT2D eigenvalue weighted by molar-refractivity contribution is 6.10. The van der Waals surface area contributed by atoms with Crippen LogP contribution in [0.25, 0.3) is 0 Å². The van der Waals surface area contributed by atoms with Crippen molar-refractivity contribution in [3.05, 3.63) is 35.6 Å². The van der Waals surface area contributed by atoms with Crippen molar-refractivity contribution in [2.45, 2.75) is 33.1 Å². The summed E-state index contributed by atoms with van der Waals surface area (Å²) in [7, 11) is 0. The van der Waals surface area contributed by atoms with Gasteiger partial charge in [0, 0.05) is 6.42 Å². The topological polar surface area (TPSA) is 75.3 Å². The molecule has 1 aromatic carbocycles. The van der Waals surface area contributed by atoms with E-state index in [1.54, 1.807) is 0 Å². The second-order valence-corrected chi connectivity index (χ2v) is 6.88. The summed E-state index contributed by atoms with van der Waals surface area (Å²) in [6.45, 7) is 3.85. The predicted molar refractivity (Wildman–Crippen MR) is 80.6 cm³/mol. The molecule has 0 radical (unpaired) electrons. The molecule has 2 aliphatic carbocycles. The molecule has 2 bridgehead atoms. The Kier molecular flexibility index (Phi) is 3.50. The third-order valence-corrected chi connectivity index (χ3v) is 5.69. The first-order chi connectivity index (χ1) is 10.8. The number of hydrogen-bond acceptors (Lipinski definition) is 3. The molecule has 0 aliphatic heterocycles. The Morgan fingerprint density at radius 1 is 1.22 bits per heavy atom. The summed E-state index contributed by atoms with van der Waals surface area (Å²) in [6, 6.07) is 5.50. The van der Waals surface area contributed by atoms with Gasteiger partial charge in [-0.2, -0.15) is 0 Å². The molecule has 2 atom stereocenters. The molecular formula is C17H19FN2O3. The molecule has 0 spiro atoms. The maximum Gasteiger partial charge on any atom is 0.272 e. The van der Waals surface area contributed by atoms with Crippen molar-refractivity contribution in [2.75, 3.05) is 0 Å². The molecule has 2 fully saturated rings. The number of ketones is 1. The van der Waals surface area contributed by atoms with Gasteiger partial charge in [-0.05, 0) is 36.3 Å². The molecule has 2 aliphatic rings. The molecule has 2 unspecified atom stereocenters. The van der Waals surface area contributed by atoms with Crippen LogP contribution < -0.4 is 10.9 Å². The molecule has 2 amide bonds. The summed E-state index contributed by atoms with van der Waals surface area (Å²) in [5.41, 5.74) is 2.86. The van der Waals surface area contributed by atoms with E-state index in [9.17, 15) is 18.8 Å². The van der Waals surface area contributed by atoms with Gasteiger partial charge >= 0.3 is 0 Å². The van der Waals surface area contributed by atoms with Crippen LogP contribution >= 0.6 is 0 Å². The first-order valence-electron chi connectivity index (χ1n) is 7.69. The molecule has 2 N–H and O–H groups in total. The minimum absolute atomic E-state index is 0.0728. The third kappa shape index (κ3) is 2.08. The van der Waals surface area contributed by atoms with Gasteiger partial charge < -0.3 is 0 Å². The second kappa shape index (κ2) is 5.15. The van der Waals surface area contributed by atoms with E-state index in [0.29, 0.717) is 12.8 Å². The minimum Gasteiger partial charge on any atom is -0.298 e. The summed E-state index contributed by atoms with van der Waals surface area (Å²) in [6.07, 6.45) is 1.72. The molecule has 0 heterocycles. The highest BCUT2D eigenvalue weighted by atomic mass is 19.1. The largest absolute Gasteiger partial charge is 0.298 e. The average Bonchev–Trinajstić information content (AvgIpc) is 2.88. The summed E-state index contributed by atoms with van der Waals surface area (Å²) in [5.74, 6) is -1.79. The van der Waals surface area contributed by atoms with Gasteiger partial charge in [0.05, 0.1) is 5.56 Å². The minimum atomic E-state index is -1.10. The zero-order valence-electron chi connectivity index (χ0n) is 13.1. The number of carbonyl (C=O) groups is 3. The normalized spacial score (nSPS) is 27.8. The van der Waals surface area contributed by atoms with Crippen LogP contribution in [0.4, 0.5) is 4.39 Å². The van der Waals surface area contributed by atoms with E-state index in [-0.39, 0.29) is 17.3 Å². The molecule has 0 aromatic heterocycles. The molecule has 23 heavy (non-hydrogen) atoms. The maximum absolute atomic E-state index is 13.6. The van der Waals surface area contributed by atoms with Crippen LogP contribution in [0.15, 0.2) is 24.3 Å². The van der Waals surface area contributed by atoms with Gasteiger partial charge in [-0.25, -0.2) is 4.39 Å². The van der Waals surface area contributed by atoms with Gasteiger partial charge in [-0.3, -0.25) is 25.2 Å². The van der Waals surface area contributed by atoms with Crippen LogP contribution in [0.2, 0.25) is 0 Å². The molecule has 122 valence electrons. The highest BCUT2D eigenvalue weighted by Crippen LogP contribution is 2.63. The third-order valence-electron chi connectivity index (χ3n) is 5.69. The monoisotopic (exact) mass is 318 g/mol. The van der Waals surface area contributed by atoms with Gasteiger partial charge in [0.2, 0.25) is 0 Å². The van der Waals surface area contributed by atoms with Crippen molar-refractivity contribution in [1.29, 1.82) is 0 Å². The first-order valence-corrected chi connectivity index (χ1v) is 7.69. The number of hydrogen-bond donors (Lipinski definition) is 2. The number of halogens is 1. The number of amides is 2. The Hall–Kier alpha value is -2.24. The molecule has 6 heteroatoms. The smallest absolute Gasteiger partial charge is 0.272 e. The van der Waals surface area contributed by atoms with Crippen LogP contribution in [-0.4, -0.2) is 17.6 Å². The van der Waals surface area contributed by atoms with E-state index in [4.69, 9.17) is 0 Å². The van der Waals surface area contributed by atoms with E-state index >= 15 is 0 Å². The maximum atomic E-state index is 13.6. The number of nitrogens with one attached hydrogen (secondary N) is 2. The Morgan fingerprint density at radius 3 is 2.48 bits per heavy atom. The van der Waals surface area contributed by atoms with Gasteiger partial charge in [-0.1, -0.05) is 26.0 Å². The van der Waals surface area contributed by atoms with E-state index in [2.05, 4.69) is 10.9 Å². The number of Topliss-reactive ketones (excluding diaryl/α,β-unsaturated/α-hetero) is 1. The molecule has 3 rings (SSSR count). The lowest BCUT2D eigenvalue weighted by Gasteiger charge is -2.34. The number of rotatable bonds is 2. The standard InChI is InChI=1S/C17H19FN2O3/c1-16(2)10-7-8-17(16,13(21)9-10)15(23)20-19-14(22)11-5-3-4-6-12(11)18/h3-6,10H,7-9H2,1-2H3,(H,19,22)(H,20,23). The Balaban J connectivity index is 1.74. The van der Waals surface area contributed by atoms with Crippen LogP contribution in [0.1, 0.15) is 43.5 Å². The van der Waals surface area contributed by atoms with Gasteiger partial charge in [0.25, 0.3) is 11.8 Å². The quantitative estimate of drug-likeness (QED) is 0.647. The van der Waals surface area contributed by atoms with Crippen LogP contribution in [0.3, 0.4) is 0 Å². The van der Waals surface area contributed by atoms with Crippen molar-refractivity contribution in [3.63, 3.8) is 0 Å². The lowest BCUT2D eigenvalue weighted by molar-refractivity contribution is -0.145. The van der Waals surface area contributed by atoms with Gasteiger partial charge in [-0.15, -0.1) is 0 Å². The van der Waals surface area contributed by atoms with E-state index < -0.39 is 28.5 Å². The average molecular weight is 318 g/mol.